The fourth-order valence-corrected chi connectivity index (χ4v) is 4.38. The summed E-state index contributed by atoms with van der Waals surface area (Å²) in [5.74, 6) is 0. The highest BCUT2D eigenvalue weighted by molar-refractivity contribution is 7.99. The fraction of sp³-hybridized carbons (Fsp3) is 0.182. The first kappa shape index (κ1) is 17.3. The van der Waals surface area contributed by atoms with Gasteiger partial charge in [0, 0.05) is 35.4 Å². The Bertz CT molecular complexity index is 1070. The molecule has 0 aliphatic carbocycles. The van der Waals surface area contributed by atoms with Crippen LogP contribution in [0.1, 0.15) is 0 Å². The maximum absolute atomic E-state index is 5.48. The van der Waals surface area contributed by atoms with E-state index in [1.165, 1.54) is 5.69 Å². The summed E-state index contributed by atoms with van der Waals surface area (Å²) in [6.45, 7) is 3.38. The number of hydrogen-bond acceptors (Lipinski definition) is 5. The summed E-state index contributed by atoms with van der Waals surface area (Å²) >= 11 is 1.64. The van der Waals surface area contributed by atoms with Crippen molar-refractivity contribution in [1.82, 2.24) is 15.0 Å². The number of fused-ring (bicyclic) bond motifs is 1. The molecule has 4 aromatic rings. The van der Waals surface area contributed by atoms with Crippen molar-refractivity contribution in [1.29, 1.82) is 0 Å². The van der Waals surface area contributed by atoms with E-state index >= 15 is 0 Å². The first-order chi connectivity index (χ1) is 13.9. The van der Waals surface area contributed by atoms with E-state index < -0.39 is 0 Å². The van der Waals surface area contributed by atoms with Crippen LogP contribution in [-0.2, 0) is 4.74 Å². The first-order valence-electron chi connectivity index (χ1n) is 9.37. The second-order valence-corrected chi connectivity index (χ2v) is 7.69. The molecule has 1 aliphatic rings. The zero-order valence-corrected chi connectivity index (χ0v) is 16.2. The average Bonchev–Trinajstić information content (AvgIpc) is 3.17. The summed E-state index contributed by atoms with van der Waals surface area (Å²) in [6.07, 6.45) is 1.89. The SMILES string of the molecule is c1ccc(-c2cc(N3CCOCC3)ccn2)c(Sc2nc3ccccc3[nH]2)c1. The number of benzene rings is 2. The van der Waals surface area contributed by atoms with Crippen LogP contribution in [0.2, 0.25) is 0 Å². The van der Waals surface area contributed by atoms with Crippen LogP contribution in [-0.4, -0.2) is 41.3 Å². The summed E-state index contributed by atoms with van der Waals surface area (Å²) in [5.41, 5.74) is 5.31. The van der Waals surface area contributed by atoms with E-state index in [4.69, 9.17) is 9.72 Å². The van der Waals surface area contributed by atoms with Crippen LogP contribution in [0, 0.1) is 0 Å². The number of morpholine rings is 1. The van der Waals surface area contributed by atoms with Crippen LogP contribution < -0.4 is 4.90 Å². The normalized spacial score (nSPS) is 14.5. The maximum atomic E-state index is 5.48. The van der Waals surface area contributed by atoms with Crippen LogP contribution in [0.15, 0.2) is 76.9 Å². The zero-order chi connectivity index (χ0) is 18.8. The maximum Gasteiger partial charge on any atom is 0.171 e. The Hall–Kier alpha value is -2.83. The number of aromatic nitrogens is 3. The second kappa shape index (κ2) is 7.66. The van der Waals surface area contributed by atoms with Gasteiger partial charge in [-0.15, -0.1) is 0 Å². The van der Waals surface area contributed by atoms with Gasteiger partial charge in [-0.2, -0.15) is 0 Å². The lowest BCUT2D eigenvalue weighted by atomic mass is 10.1. The minimum atomic E-state index is 0.774. The molecule has 1 saturated heterocycles. The van der Waals surface area contributed by atoms with Gasteiger partial charge in [-0.3, -0.25) is 4.98 Å². The molecule has 1 aliphatic heterocycles. The smallest absolute Gasteiger partial charge is 0.171 e. The van der Waals surface area contributed by atoms with Crippen molar-refractivity contribution in [2.45, 2.75) is 10.1 Å². The summed E-state index contributed by atoms with van der Waals surface area (Å²) < 4.78 is 5.48. The number of ether oxygens (including phenoxy) is 1. The largest absolute Gasteiger partial charge is 0.378 e. The Morgan fingerprint density at radius 3 is 2.68 bits per heavy atom. The number of anilines is 1. The van der Waals surface area contributed by atoms with Gasteiger partial charge >= 0.3 is 0 Å². The highest BCUT2D eigenvalue weighted by Crippen LogP contribution is 2.35. The lowest BCUT2D eigenvalue weighted by molar-refractivity contribution is 0.122. The van der Waals surface area contributed by atoms with Crippen molar-refractivity contribution in [3.05, 3.63) is 66.9 Å². The molecule has 2 aromatic heterocycles. The zero-order valence-electron chi connectivity index (χ0n) is 15.3. The molecular formula is C22H20N4OS. The van der Waals surface area contributed by atoms with E-state index in [1.54, 1.807) is 11.8 Å². The lowest BCUT2D eigenvalue weighted by Crippen LogP contribution is -2.36. The van der Waals surface area contributed by atoms with E-state index in [0.717, 1.165) is 58.6 Å². The van der Waals surface area contributed by atoms with E-state index in [9.17, 15) is 0 Å². The molecule has 5 nitrogen and oxygen atoms in total. The van der Waals surface area contributed by atoms with Gasteiger partial charge in [-0.1, -0.05) is 42.1 Å². The van der Waals surface area contributed by atoms with E-state index in [0.29, 0.717) is 0 Å². The number of nitrogens with zero attached hydrogens (tertiary/aromatic N) is 3. The van der Waals surface area contributed by atoms with Gasteiger partial charge in [0.05, 0.1) is 29.9 Å². The molecule has 5 rings (SSSR count). The number of para-hydroxylation sites is 2. The summed E-state index contributed by atoms with van der Waals surface area (Å²) in [4.78, 5) is 16.2. The van der Waals surface area contributed by atoms with Gasteiger partial charge in [0.1, 0.15) is 0 Å². The molecule has 0 bridgehead atoms. The molecule has 6 heteroatoms. The third-order valence-electron chi connectivity index (χ3n) is 4.86. The van der Waals surface area contributed by atoms with Crippen molar-refractivity contribution >= 4 is 28.5 Å². The highest BCUT2D eigenvalue weighted by Gasteiger charge is 2.14. The minimum Gasteiger partial charge on any atom is -0.378 e. The minimum absolute atomic E-state index is 0.774. The molecule has 1 fully saturated rings. The molecule has 0 radical (unpaired) electrons. The standard InChI is InChI=1S/C22H20N4OS/c1-4-8-21(28-22-24-18-6-2-3-7-19(18)25-22)17(5-1)20-15-16(9-10-23-20)26-11-13-27-14-12-26/h1-10,15H,11-14H2,(H,24,25). The van der Waals surface area contributed by atoms with Crippen LogP contribution in [0.5, 0.6) is 0 Å². The second-order valence-electron chi connectivity index (χ2n) is 6.66. The van der Waals surface area contributed by atoms with Gasteiger partial charge < -0.3 is 14.6 Å². The van der Waals surface area contributed by atoms with Crippen LogP contribution in [0.25, 0.3) is 22.3 Å². The van der Waals surface area contributed by atoms with Gasteiger partial charge in [-0.05, 0) is 30.3 Å². The topological polar surface area (TPSA) is 54.0 Å². The predicted octanol–water partition coefficient (Wildman–Crippen LogP) is 4.61. The number of aromatic amines is 1. The van der Waals surface area contributed by atoms with Crippen LogP contribution >= 0.6 is 11.8 Å². The van der Waals surface area contributed by atoms with Gasteiger partial charge in [0.25, 0.3) is 0 Å². The van der Waals surface area contributed by atoms with Crippen LogP contribution in [0.3, 0.4) is 0 Å². The average molecular weight is 388 g/mol. The molecular weight excluding hydrogens is 368 g/mol. The summed E-state index contributed by atoms with van der Waals surface area (Å²) in [7, 11) is 0. The monoisotopic (exact) mass is 388 g/mol. The quantitative estimate of drug-likeness (QED) is 0.553. The Morgan fingerprint density at radius 2 is 1.79 bits per heavy atom. The number of rotatable bonds is 4. The van der Waals surface area contributed by atoms with Gasteiger partial charge in [0.15, 0.2) is 5.16 Å². The van der Waals surface area contributed by atoms with Crippen molar-refractivity contribution in [3.8, 4) is 11.3 Å². The molecule has 1 N–H and O–H groups in total. The molecule has 0 saturated carbocycles. The van der Waals surface area contributed by atoms with Gasteiger partial charge in [0.2, 0.25) is 0 Å². The summed E-state index contributed by atoms with van der Waals surface area (Å²) in [5, 5.41) is 0.887. The van der Waals surface area contributed by atoms with Crippen molar-refractivity contribution in [2.75, 3.05) is 31.2 Å². The Morgan fingerprint density at radius 1 is 0.964 bits per heavy atom. The molecule has 140 valence electrons. The number of nitrogens with one attached hydrogen (secondary N) is 1. The molecule has 2 aromatic carbocycles. The van der Waals surface area contributed by atoms with Gasteiger partial charge in [-0.25, -0.2) is 4.98 Å². The number of hydrogen-bond donors (Lipinski definition) is 1. The molecule has 0 spiro atoms. The molecule has 0 atom stereocenters. The Labute approximate surface area is 167 Å². The molecule has 28 heavy (non-hydrogen) atoms. The predicted molar refractivity (Wildman–Crippen MR) is 113 cm³/mol. The van der Waals surface area contributed by atoms with Crippen molar-refractivity contribution in [3.63, 3.8) is 0 Å². The Balaban J connectivity index is 1.48. The van der Waals surface area contributed by atoms with Crippen LogP contribution in [0.4, 0.5) is 5.69 Å². The van der Waals surface area contributed by atoms with Crippen molar-refractivity contribution in [2.24, 2.45) is 0 Å². The van der Waals surface area contributed by atoms with E-state index in [1.807, 2.05) is 30.5 Å². The third-order valence-corrected chi connectivity index (χ3v) is 5.82. The van der Waals surface area contributed by atoms with Crippen molar-refractivity contribution < 1.29 is 4.74 Å². The van der Waals surface area contributed by atoms with E-state index in [-0.39, 0.29) is 0 Å². The van der Waals surface area contributed by atoms with E-state index in [2.05, 4.69) is 51.3 Å². The third kappa shape index (κ3) is 3.48. The summed E-state index contributed by atoms with van der Waals surface area (Å²) in [6, 6.07) is 20.7. The first-order valence-corrected chi connectivity index (χ1v) is 10.2. The Kier molecular flexibility index (Phi) is 4.72. The molecule has 0 amide bonds. The highest BCUT2D eigenvalue weighted by atomic mass is 32.2. The number of pyridine rings is 1. The molecule has 3 heterocycles. The number of imidazole rings is 1. The number of H-pyrrole nitrogens is 1. The lowest BCUT2D eigenvalue weighted by Gasteiger charge is -2.29. The fourth-order valence-electron chi connectivity index (χ4n) is 3.43. The molecule has 0 unspecified atom stereocenters.